The predicted molar refractivity (Wildman–Crippen MR) is 98.7 cm³/mol. The average molecular weight is 331 g/mol. The highest BCUT2D eigenvalue weighted by Crippen LogP contribution is 2.23. The summed E-state index contributed by atoms with van der Waals surface area (Å²) in [6.07, 6.45) is 0.912. The number of aryl methyl sites for hydroxylation is 1. The molecule has 0 bridgehead atoms. The van der Waals surface area contributed by atoms with Crippen molar-refractivity contribution in [2.45, 2.75) is 34.1 Å². The van der Waals surface area contributed by atoms with E-state index in [-0.39, 0.29) is 5.91 Å². The number of anilines is 2. The molecule has 1 N–H and O–H groups in total. The Morgan fingerprint density at radius 1 is 1.39 bits per heavy atom. The lowest BCUT2D eigenvalue weighted by molar-refractivity contribution is 0.103. The number of carbonyl (C=O) groups is 1. The summed E-state index contributed by atoms with van der Waals surface area (Å²) in [4.78, 5) is 19.9. The molecule has 1 heterocycles. The van der Waals surface area contributed by atoms with Crippen molar-refractivity contribution in [3.05, 3.63) is 39.8 Å². The van der Waals surface area contributed by atoms with Crippen LogP contribution in [0.1, 0.15) is 41.1 Å². The summed E-state index contributed by atoms with van der Waals surface area (Å²) in [7, 11) is 2.03. The minimum absolute atomic E-state index is 0.0775. The van der Waals surface area contributed by atoms with E-state index in [2.05, 4.69) is 36.0 Å². The van der Waals surface area contributed by atoms with Crippen molar-refractivity contribution in [2.75, 3.05) is 23.8 Å². The third-order valence-electron chi connectivity index (χ3n) is 3.65. The van der Waals surface area contributed by atoms with Gasteiger partial charge in [0.1, 0.15) is 4.88 Å². The van der Waals surface area contributed by atoms with E-state index in [9.17, 15) is 4.79 Å². The summed E-state index contributed by atoms with van der Waals surface area (Å²) in [5.74, 6) is 0.462. The number of benzene rings is 1. The second-order valence-electron chi connectivity index (χ2n) is 6.14. The Labute approximate surface area is 142 Å². The number of hydrogen-bond acceptors (Lipinski definition) is 4. The van der Waals surface area contributed by atoms with Crippen LogP contribution in [-0.4, -0.2) is 24.5 Å². The first-order valence-corrected chi connectivity index (χ1v) is 8.81. The summed E-state index contributed by atoms with van der Waals surface area (Å²) in [5.41, 5.74) is 2.71. The number of nitrogens with zero attached hydrogens (tertiary/aromatic N) is 2. The molecule has 5 heteroatoms. The summed E-state index contributed by atoms with van der Waals surface area (Å²) in [6.45, 7) is 9.24. The largest absolute Gasteiger partial charge is 0.375 e. The number of hydrogen-bond donors (Lipinski definition) is 1. The number of nitrogens with one attached hydrogen (secondary N) is 1. The van der Waals surface area contributed by atoms with Crippen LogP contribution in [0.25, 0.3) is 0 Å². The van der Waals surface area contributed by atoms with Crippen LogP contribution in [-0.2, 0) is 6.42 Å². The van der Waals surface area contributed by atoms with Crippen LogP contribution in [0.5, 0.6) is 0 Å². The van der Waals surface area contributed by atoms with E-state index < -0.39 is 0 Å². The summed E-state index contributed by atoms with van der Waals surface area (Å²) in [6, 6.07) is 7.90. The van der Waals surface area contributed by atoms with Crippen molar-refractivity contribution in [2.24, 2.45) is 5.92 Å². The van der Waals surface area contributed by atoms with E-state index in [4.69, 9.17) is 0 Å². The Kier molecular flexibility index (Phi) is 5.77. The Bertz CT molecular complexity index is 679. The zero-order valence-electron chi connectivity index (χ0n) is 14.5. The molecular formula is C18H25N3OS. The first kappa shape index (κ1) is 17.5. The molecule has 2 aromatic rings. The van der Waals surface area contributed by atoms with Crippen LogP contribution in [0.2, 0.25) is 0 Å². The van der Waals surface area contributed by atoms with Gasteiger partial charge in [-0.15, -0.1) is 11.3 Å². The normalized spacial score (nSPS) is 10.9. The van der Waals surface area contributed by atoms with Gasteiger partial charge in [-0.2, -0.15) is 0 Å². The van der Waals surface area contributed by atoms with E-state index in [1.54, 1.807) is 0 Å². The Morgan fingerprint density at radius 2 is 2.13 bits per heavy atom. The number of rotatable bonds is 6. The highest BCUT2D eigenvalue weighted by Gasteiger charge is 2.16. The van der Waals surface area contributed by atoms with Gasteiger partial charge in [0.05, 0.1) is 10.7 Å². The van der Waals surface area contributed by atoms with Crippen LogP contribution in [0.3, 0.4) is 0 Å². The molecular weight excluding hydrogens is 306 g/mol. The third-order valence-corrected chi connectivity index (χ3v) is 4.83. The molecule has 0 saturated carbocycles. The number of aromatic nitrogens is 1. The molecule has 1 aromatic heterocycles. The molecule has 0 radical (unpaired) electrons. The van der Waals surface area contributed by atoms with Gasteiger partial charge >= 0.3 is 0 Å². The monoisotopic (exact) mass is 331 g/mol. The van der Waals surface area contributed by atoms with E-state index in [0.717, 1.165) is 35.0 Å². The molecule has 0 saturated heterocycles. The van der Waals surface area contributed by atoms with Crippen molar-refractivity contribution < 1.29 is 4.79 Å². The van der Waals surface area contributed by atoms with Crippen molar-refractivity contribution in [1.29, 1.82) is 0 Å². The van der Waals surface area contributed by atoms with E-state index in [1.165, 1.54) is 11.3 Å². The second-order valence-corrected chi connectivity index (χ2v) is 7.22. The van der Waals surface area contributed by atoms with Crippen LogP contribution < -0.4 is 10.2 Å². The van der Waals surface area contributed by atoms with Gasteiger partial charge in [-0.25, -0.2) is 4.98 Å². The molecule has 2 rings (SSSR count). The Balaban J connectivity index is 2.14. The molecule has 0 aliphatic carbocycles. The molecule has 23 heavy (non-hydrogen) atoms. The van der Waals surface area contributed by atoms with Crippen LogP contribution in [0.4, 0.5) is 11.4 Å². The zero-order chi connectivity index (χ0) is 17.0. The number of amides is 1. The summed E-state index contributed by atoms with van der Waals surface area (Å²) in [5, 5.41) is 4.02. The molecule has 124 valence electrons. The minimum atomic E-state index is -0.0775. The summed E-state index contributed by atoms with van der Waals surface area (Å²) < 4.78 is 0. The quantitative estimate of drug-likeness (QED) is 0.855. The minimum Gasteiger partial charge on any atom is -0.375 e. The number of thiazole rings is 1. The molecule has 0 aliphatic rings. The summed E-state index contributed by atoms with van der Waals surface area (Å²) >= 11 is 1.50. The SMILES string of the molecule is CCN(C)c1cccc(NC(=O)c2sc(CC(C)C)nc2C)c1. The van der Waals surface area contributed by atoms with Crippen LogP contribution in [0, 0.1) is 12.8 Å². The van der Waals surface area contributed by atoms with Gasteiger partial charge in [0.2, 0.25) is 0 Å². The van der Waals surface area contributed by atoms with Crippen molar-refractivity contribution in [3.8, 4) is 0 Å². The van der Waals surface area contributed by atoms with Gasteiger partial charge in [0.25, 0.3) is 5.91 Å². The highest BCUT2D eigenvalue weighted by atomic mass is 32.1. The second kappa shape index (κ2) is 7.59. The topological polar surface area (TPSA) is 45.2 Å². The lowest BCUT2D eigenvalue weighted by atomic mass is 10.1. The van der Waals surface area contributed by atoms with Crippen molar-refractivity contribution >= 4 is 28.6 Å². The predicted octanol–water partition coefficient (Wildman–Crippen LogP) is 4.36. The Hall–Kier alpha value is -1.88. The van der Waals surface area contributed by atoms with Crippen LogP contribution in [0.15, 0.2) is 24.3 Å². The average Bonchev–Trinajstić information content (AvgIpc) is 2.86. The third kappa shape index (κ3) is 4.55. The smallest absolute Gasteiger partial charge is 0.267 e. The first-order chi connectivity index (χ1) is 10.9. The Morgan fingerprint density at radius 3 is 2.78 bits per heavy atom. The van der Waals surface area contributed by atoms with Gasteiger partial charge in [-0.3, -0.25) is 4.79 Å². The standard InChI is InChI=1S/C18H25N3OS/c1-6-21(5)15-9-7-8-14(11-15)20-18(22)17-13(4)19-16(23-17)10-12(2)3/h7-9,11-12H,6,10H2,1-5H3,(H,20,22). The van der Waals surface area contributed by atoms with Crippen molar-refractivity contribution in [1.82, 2.24) is 4.98 Å². The highest BCUT2D eigenvalue weighted by molar-refractivity contribution is 7.13. The molecule has 0 aliphatic heterocycles. The van der Waals surface area contributed by atoms with E-state index >= 15 is 0 Å². The zero-order valence-corrected chi connectivity index (χ0v) is 15.3. The maximum absolute atomic E-state index is 12.5. The van der Waals surface area contributed by atoms with Gasteiger partial charge in [-0.05, 0) is 38.0 Å². The van der Waals surface area contributed by atoms with Crippen molar-refractivity contribution in [3.63, 3.8) is 0 Å². The van der Waals surface area contributed by atoms with Gasteiger partial charge < -0.3 is 10.2 Å². The van der Waals surface area contributed by atoms with E-state index in [0.29, 0.717) is 10.8 Å². The fourth-order valence-electron chi connectivity index (χ4n) is 2.29. The lowest BCUT2D eigenvalue weighted by Gasteiger charge is -2.17. The van der Waals surface area contributed by atoms with Gasteiger partial charge in [0, 0.05) is 31.4 Å². The molecule has 4 nitrogen and oxygen atoms in total. The number of carbonyl (C=O) groups excluding carboxylic acids is 1. The first-order valence-electron chi connectivity index (χ1n) is 7.99. The van der Waals surface area contributed by atoms with Gasteiger partial charge in [0.15, 0.2) is 0 Å². The maximum Gasteiger partial charge on any atom is 0.267 e. The molecule has 1 amide bonds. The maximum atomic E-state index is 12.5. The fraction of sp³-hybridized carbons (Fsp3) is 0.444. The molecule has 0 unspecified atom stereocenters. The molecule has 0 spiro atoms. The van der Waals surface area contributed by atoms with Gasteiger partial charge in [-0.1, -0.05) is 19.9 Å². The fourth-order valence-corrected chi connectivity index (χ4v) is 3.46. The van der Waals surface area contributed by atoms with E-state index in [1.807, 2.05) is 38.2 Å². The molecule has 0 fully saturated rings. The van der Waals surface area contributed by atoms with Crippen LogP contribution >= 0.6 is 11.3 Å². The molecule has 1 aromatic carbocycles. The lowest BCUT2D eigenvalue weighted by Crippen LogP contribution is -2.16. The molecule has 0 atom stereocenters.